The second kappa shape index (κ2) is 6.05. The lowest BCUT2D eigenvalue weighted by Gasteiger charge is -2.13. The number of aryl methyl sites for hydroxylation is 2. The van der Waals surface area contributed by atoms with Crippen LogP contribution in [0.3, 0.4) is 0 Å². The van der Waals surface area contributed by atoms with Crippen LogP contribution in [0.15, 0.2) is 18.2 Å². The molecule has 6 nitrogen and oxygen atoms in total. The first-order valence-electron chi connectivity index (χ1n) is 6.37. The van der Waals surface area contributed by atoms with E-state index in [1.807, 2.05) is 6.92 Å². The van der Waals surface area contributed by atoms with Crippen LogP contribution in [0.2, 0.25) is 5.02 Å². The van der Waals surface area contributed by atoms with Crippen molar-refractivity contribution in [1.29, 1.82) is 0 Å². The Morgan fingerprint density at radius 3 is 2.71 bits per heavy atom. The predicted octanol–water partition coefficient (Wildman–Crippen LogP) is 2.93. The second-order valence-corrected chi connectivity index (χ2v) is 4.86. The number of hydrogen-bond donors (Lipinski definition) is 1. The third kappa shape index (κ3) is 3.28. The highest BCUT2D eigenvalue weighted by Crippen LogP contribution is 2.35. The standard InChI is InChI=1S/C14H16ClN3O3/c1-4-20-14(19)10-6-9(16)7-11(15)13(10)21-12-5-8(2)17-18(12)3/h5-7H,4,16H2,1-3H3. The lowest BCUT2D eigenvalue weighted by molar-refractivity contribution is 0.0523. The van der Waals surface area contributed by atoms with E-state index < -0.39 is 5.97 Å². The van der Waals surface area contributed by atoms with Gasteiger partial charge in [-0.1, -0.05) is 11.6 Å². The summed E-state index contributed by atoms with van der Waals surface area (Å²) >= 11 is 6.15. The normalized spacial score (nSPS) is 10.5. The molecule has 2 N–H and O–H groups in total. The predicted molar refractivity (Wildman–Crippen MR) is 79.8 cm³/mol. The molecular formula is C14H16ClN3O3. The van der Waals surface area contributed by atoms with E-state index in [1.165, 1.54) is 12.1 Å². The fourth-order valence-corrected chi connectivity index (χ4v) is 2.13. The van der Waals surface area contributed by atoms with Gasteiger partial charge in [-0.2, -0.15) is 5.10 Å². The van der Waals surface area contributed by atoms with Gasteiger partial charge in [-0.3, -0.25) is 0 Å². The van der Waals surface area contributed by atoms with Crippen molar-refractivity contribution in [1.82, 2.24) is 9.78 Å². The van der Waals surface area contributed by atoms with Crippen molar-refractivity contribution in [3.63, 3.8) is 0 Å². The number of esters is 1. The monoisotopic (exact) mass is 309 g/mol. The van der Waals surface area contributed by atoms with Crippen molar-refractivity contribution in [2.45, 2.75) is 13.8 Å². The summed E-state index contributed by atoms with van der Waals surface area (Å²) in [6.45, 7) is 3.80. The molecule has 0 aliphatic rings. The fourth-order valence-electron chi connectivity index (χ4n) is 1.87. The number of nitrogen functional groups attached to an aromatic ring is 1. The minimum atomic E-state index is -0.541. The Hall–Kier alpha value is -2.21. The van der Waals surface area contributed by atoms with Crippen LogP contribution in [0, 0.1) is 6.92 Å². The molecule has 0 aliphatic carbocycles. The molecule has 0 saturated carbocycles. The van der Waals surface area contributed by atoms with Gasteiger partial charge >= 0.3 is 5.97 Å². The Morgan fingerprint density at radius 2 is 2.14 bits per heavy atom. The second-order valence-electron chi connectivity index (χ2n) is 4.45. The first-order valence-corrected chi connectivity index (χ1v) is 6.74. The Morgan fingerprint density at radius 1 is 1.43 bits per heavy atom. The maximum Gasteiger partial charge on any atom is 0.342 e. The minimum Gasteiger partial charge on any atom is -0.462 e. The lowest BCUT2D eigenvalue weighted by Crippen LogP contribution is -2.08. The molecule has 7 heteroatoms. The Bertz CT molecular complexity index is 682. The van der Waals surface area contributed by atoms with E-state index in [0.29, 0.717) is 11.6 Å². The number of nitrogens with zero attached hydrogens (tertiary/aromatic N) is 2. The summed E-state index contributed by atoms with van der Waals surface area (Å²) in [5, 5.41) is 4.41. The molecule has 0 amide bonds. The van der Waals surface area contributed by atoms with Crippen LogP contribution < -0.4 is 10.5 Å². The molecule has 0 spiro atoms. The highest BCUT2D eigenvalue weighted by Gasteiger charge is 2.20. The summed E-state index contributed by atoms with van der Waals surface area (Å²) in [7, 11) is 1.73. The molecule has 1 aromatic carbocycles. The molecule has 21 heavy (non-hydrogen) atoms. The first kappa shape index (κ1) is 15.2. The number of carbonyl (C=O) groups is 1. The van der Waals surface area contributed by atoms with Gasteiger partial charge in [0.15, 0.2) is 5.75 Å². The van der Waals surface area contributed by atoms with E-state index in [-0.39, 0.29) is 22.9 Å². The van der Waals surface area contributed by atoms with Crippen molar-refractivity contribution in [2.75, 3.05) is 12.3 Å². The first-order chi connectivity index (χ1) is 9.92. The SMILES string of the molecule is CCOC(=O)c1cc(N)cc(Cl)c1Oc1cc(C)nn1C. The number of ether oxygens (including phenoxy) is 2. The van der Waals surface area contributed by atoms with Crippen molar-refractivity contribution >= 4 is 23.3 Å². The van der Waals surface area contributed by atoms with Gasteiger partial charge in [0.05, 0.1) is 17.3 Å². The zero-order chi connectivity index (χ0) is 15.6. The molecule has 2 rings (SSSR count). The summed E-state index contributed by atoms with van der Waals surface area (Å²) in [5.74, 6) is 0.123. The van der Waals surface area contributed by atoms with Gasteiger partial charge in [0.1, 0.15) is 5.56 Å². The molecule has 0 radical (unpaired) electrons. The van der Waals surface area contributed by atoms with Gasteiger partial charge < -0.3 is 15.2 Å². The number of rotatable bonds is 4. The summed E-state index contributed by atoms with van der Waals surface area (Å²) in [4.78, 5) is 12.0. The Kier molecular flexibility index (Phi) is 4.37. The third-order valence-electron chi connectivity index (χ3n) is 2.73. The van der Waals surface area contributed by atoms with E-state index in [2.05, 4.69) is 5.10 Å². The highest BCUT2D eigenvalue weighted by molar-refractivity contribution is 6.33. The number of hydrogen-bond acceptors (Lipinski definition) is 5. The Balaban J connectivity index is 2.46. The third-order valence-corrected chi connectivity index (χ3v) is 3.01. The van der Waals surface area contributed by atoms with Crippen LogP contribution in [0.4, 0.5) is 5.69 Å². The summed E-state index contributed by atoms with van der Waals surface area (Å²) < 4.78 is 12.3. The van der Waals surface area contributed by atoms with E-state index in [4.69, 9.17) is 26.8 Å². The quantitative estimate of drug-likeness (QED) is 0.694. The molecule has 0 aliphatic heterocycles. The number of aromatic nitrogens is 2. The van der Waals surface area contributed by atoms with E-state index in [9.17, 15) is 4.79 Å². The van der Waals surface area contributed by atoms with Crippen LogP contribution in [0.1, 0.15) is 23.0 Å². The van der Waals surface area contributed by atoms with Gasteiger partial charge in [-0.25, -0.2) is 9.48 Å². The average Bonchev–Trinajstić information content (AvgIpc) is 2.71. The van der Waals surface area contributed by atoms with Gasteiger partial charge in [0, 0.05) is 18.8 Å². The molecule has 0 atom stereocenters. The smallest absolute Gasteiger partial charge is 0.342 e. The van der Waals surface area contributed by atoms with Crippen molar-refractivity contribution < 1.29 is 14.3 Å². The van der Waals surface area contributed by atoms with Gasteiger partial charge in [0.2, 0.25) is 5.88 Å². The van der Waals surface area contributed by atoms with Crippen molar-refractivity contribution in [3.8, 4) is 11.6 Å². The average molecular weight is 310 g/mol. The van der Waals surface area contributed by atoms with Crippen LogP contribution in [-0.4, -0.2) is 22.4 Å². The number of nitrogens with two attached hydrogens (primary N) is 1. The van der Waals surface area contributed by atoms with Crippen molar-refractivity contribution in [2.24, 2.45) is 7.05 Å². The molecule has 112 valence electrons. The van der Waals surface area contributed by atoms with Crippen LogP contribution in [0.25, 0.3) is 0 Å². The van der Waals surface area contributed by atoms with E-state index in [1.54, 1.807) is 24.7 Å². The van der Waals surface area contributed by atoms with Crippen LogP contribution >= 0.6 is 11.6 Å². The van der Waals surface area contributed by atoms with Gasteiger partial charge in [-0.05, 0) is 26.0 Å². The van der Waals surface area contributed by atoms with E-state index in [0.717, 1.165) is 5.69 Å². The van der Waals surface area contributed by atoms with E-state index >= 15 is 0 Å². The molecule has 0 saturated heterocycles. The number of benzene rings is 1. The summed E-state index contributed by atoms with van der Waals surface area (Å²) in [6, 6.07) is 4.73. The van der Waals surface area contributed by atoms with Crippen LogP contribution in [0.5, 0.6) is 11.6 Å². The highest BCUT2D eigenvalue weighted by atomic mass is 35.5. The molecule has 0 bridgehead atoms. The molecule has 1 aromatic heterocycles. The number of carbonyl (C=O) groups excluding carboxylic acids is 1. The molecule has 0 fully saturated rings. The zero-order valence-electron chi connectivity index (χ0n) is 12.0. The van der Waals surface area contributed by atoms with Gasteiger partial charge in [-0.15, -0.1) is 0 Å². The lowest BCUT2D eigenvalue weighted by atomic mass is 10.2. The topological polar surface area (TPSA) is 79.4 Å². The van der Waals surface area contributed by atoms with Gasteiger partial charge in [0.25, 0.3) is 0 Å². The summed E-state index contributed by atoms with van der Waals surface area (Å²) in [6.07, 6.45) is 0. The Labute approximate surface area is 127 Å². The zero-order valence-corrected chi connectivity index (χ0v) is 12.8. The largest absolute Gasteiger partial charge is 0.462 e. The number of halogens is 1. The fraction of sp³-hybridized carbons (Fsp3) is 0.286. The molecule has 1 heterocycles. The number of anilines is 1. The summed E-state index contributed by atoms with van der Waals surface area (Å²) in [5.41, 5.74) is 7.05. The molecule has 0 unspecified atom stereocenters. The molecular weight excluding hydrogens is 294 g/mol. The maximum atomic E-state index is 12.0. The van der Waals surface area contributed by atoms with Crippen molar-refractivity contribution in [3.05, 3.63) is 34.5 Å². The maximum absolute atomic E-state index is 12.0. The minimum absolute atomic E-state index is 0.181. The molecule has 2 aromatic rings. The van der Waals surface area contributed by atoms with Crippen LogP contribution in [-0.2, 0) is 11.8 Å².